The van der Waals surface area contributed by atoms with E-state index in [0.717, 1.165) is 5.39 Å². The van der Waals surface area contributed by atoms with Gasteiger partial charge in [0.2, 0.25) is 0 Å². The van der Waals surface area contributed by atoms with Gasteiger partial charge in [0.15, 0.2) is 5.69 Å². The van der Waals surface area contributed by atoms with Crippen LogP contribution in [0.4, 0.5) is 5.69 Å². The highest BCUT2D eigenvalue weighted by Crippen LogP contribution is 2.25. The van der Waals surface area contributed by atoms with Gasteiger partial charge >= 0.3 is 5.97 Å². The first-order valence-electron chi connectivity index (χ1n) is 6.97. The molecule has 1 atom stereocenters. The molecule has 0 radical (unpaired) electrons. The van der Waals surface area contributed by atoms with Crippen molar-refractivity contribution in [1.82, 2.24) is 10.2 Å². The average Bonchev–Trinajstić information content (AvgIpc) is 2.48. The number of aromatic nitrogens is 2. The number of aliphatic hydroxyl groups excluding tert-OH is 1. The summed E-state index contributed by atoms with van der Waals surface area (Å²) in [5.74, 6) is -0.505. The quantitative estimate of drug-likeness (QED) is 0.791. The standard InChI is InChI=1S/C15H19N3O3/c1-3-21-15(20)14-13(16-10(2)8-9-19)11-6-4-5-7-12(11)17-18-14/h4-7,10,19H,3,8-9H2,1-2H3,(H,16,17). The summed E-state index contributed by atoms with van der Waals surface area (Å²) in [4.78, 5) is 12.0. The van der Waals surface area contributed by atoms with Crippen LogP contribution in [-0.2, 0) is 4.74 Å². The third kappa shape index (κ3) is 3.46. The van der Waals surface area contributed by atoms with Gasteiger partial charge in [-0.2, -0.15) is 0 Å². The van der Waals surface area contributed by atoms with Crippen molar-refractivity contribution in [3.8, 4) is 0 Å². The van der Waals surface area contributed by atoms with Crippen molar-refractivity contribution in [2.75, 3.05) is 18.5 Å². The summed E-state index contributed by atoms with van der Waals surface area (Å²) in [5.41, 5.74) is 1.46. The van der Waals surface area contributed by atoms with E-state index in [1.54, 1.807) is 6.92 Å². The van der Waals surface area contributed by atoms with Crippen LogP contribution in [0.25, 0.3) is 10.9 Å². The van der Waals surface area contributed by atoms with Gasteiger partial charge in [-0.1, -0.05) is 18.2 Å². The van der Waals surface area contributed by atoms with E-state index in [1.807, 2.05) is 31.2 Å². The molecule has 112 valence electrons. The monoisotopic (exact) mass is 289 g/mol. The van der Waals surface area contributed by atoms with E-state index in [2.05, 4.69) is 15.5 Å². The lowest BCUT2D eigenvalue weighted by Gasteiger charge is -2.17. The number of esters is 1. The molecular weight excluding hydrogens is 270 g/mol. The Morgan fingerprint density at radius 2 is 2.14 bits per heavy atom. The maximum absolute atomic E-state index is 12.0. The van der Waals surface area contributed by atoms with Gasteiger partial charge in [0.25, 0.3) is 0 Å². The molecule has 0 amide bonds. The predicted octanol–water partition coefficient (Wildman–Crippen LogP) is 1.99. The number of nitrogens with one attached hydrogen (secondary N) is 1. The summed E-state index contributed by atoms with van der Waals surface area (Å²) >= 11 is 0. The number of aliphatic hydroxyl groups is 1. The van der Waals surface area contributed by atoms with Crippen molar-refractivity contribution in [2.24, 2.45) is 0 Å². The zero-order valence-corrected chi connectivity index (χ0v) is 12.2. The highest BCUT2D eigenvalue weighted by molar-refractivity contribution is 6.03. The Morgan fingerprint density at radius 3 is 2.86 bits per heavy atom. The van der Waals surface area contributed by atoms with Crippen LogP contribution in [0.3, 0.4) is 0 Å². The minimum absolute atomic E-state index is 0.00390. The molecule has 21 heavy (non-hydrogen) atoms. The van der Waals surface area contributed by atoms with Gasteiger partial charge in [0, 0.05) is 18.0 Å². The molecule has 1 heterocycles. The lowest BCUT2D eigenvalue weighted by molar-refractivity contribution is 0.0519. The van der Waals surface area contributed by atoms with Gasteiger partial charge in [-0.05, 0) is 26.3 Å². The minimum atomic E-state index is -0.505. The second kappa shape index (κ2) is 6.99. The molecule has 0 saturated heterocycles. The van der Waals surface area contributed by atoms with Crippen molar-refractivity contribution in [3.05, 3.63) is 30.0 Å². The molecule has 6 nitrogen and oxygen atoms in total. The van der Waals surface area contributed by atoms with Crippen LogP contribution in [0.15, 0.2) is 24.3 Å². The maximum Gasteiger partial charge on any atom is 0.361 e. The number of hydrogen-bond donors (Lipinski definition) is 2. The van der Waals surface area contributed by atoms with Gasteiger partial charge in [-0.15, -0.1) is 10.2 Å². The van der Waals surface area contributed by atoms with E-state index in [9.17, 15) is 4.79 Å². The Kier molecular flexibility index (Phi) is 5.05. The first-order chi connectivity index (χ1) is 10.2. The van der Waals surface area contributed by atoms with E-state index >= 15 is 0 Å². The molecule has 6 heteroatoms. The fraction of sp³-hybridized carbons (Fsp3) is 0.400. The Morgan fingerprint density at radius 1 is 1.38 bits per heavy atom. The maximum atomic E-state index is 12.0. The number of anilines is 1. The molecule has 2 N–H and O–H groups in total. The van der Waals surface area contributed by atoms with Crippen LogP contribution in [0.2, 0.25) is 0 Å². The number of carbonyl (C=O) groups excluding carboxylic acids is 1. The molecule has 1 aromatic carbocycles. The third-order valence-electron chi connectivity index (χ3n) is 3.09. The van der Waals surface area contributed by atoms with Crippen LogP contribution in [-0.4, -0.2) is 40.5 Å². The van der Waals surface area contributed by atoms with E-state index in [4.69, 9.17) is 9.84 Å². The highest BCUT2D eigenvalue weighted by atomic mass is 16.5. The van der Waals surface area contributed by atoms with Gasteiger partial charge in [-0.3, -0.25) is 0 Å². The molecule has 0 spiro atoms. The smallest absolute Gasteiger partial charge is 0.361 e. The lowest BCUT2D eigenvalue weighted by Crippen LogP contribution is -2.21. The molecule has 1 aromatic heterocycles. The van der Waals surface area contributed by atoms with E-state index in [0.29, 0.717) is 17.6 Å². The van der Waals surface area contributed by atoms with Crippen LogP contribution in [0, 0.1) is 0 Å². The Balaban J connectivity index is 2.49. The van der Waals surface area contributed by atoms with Crippen LogP contribution in [0.1, 0.15) is 30.8 Å². The Hall–Kier alpha value is -2.21. The number of benzene rings is 1. The predicted molar refractivity (Wildman–Crippen MR) is 80.3 cm³/mol. The third-order valence-corrected chi connectivity index (χ3v) is 3.09. The Labute approximate surface area is 123 Å². The van der Waals surface area contributed by atoms with Gasteiger partial charge < -0.3 is 15.2 Å². The summed E-state index contributed by atoms with van der Waals surface area (Å²) in [5, 5.41) is 21.1. The van der Waals surface area contributed by atoms with Crippen LogP contribution < -0.4 is 5.32 Å². The molecule has 2 aromatic rings. The number of nitrogens with zero attached hydrogens (tertiary/aromatic N) is 2. The molecule has 0 fully saturated rings. The van der Waals surface area contributed by atoms with Gasteiger partial charge in [-0.25, -0.2) is 4.79 Å². The largest absolute Gasteiger partial charge is 0.461 e. The fourth-order valence-electron chi connectivity index (χ4n) is 2.05. The highest BCUT2D eigenvalue weighted by Gasteiger charge is 2.19. The van der Waals surface area contributed by atoms with E-state index < -0.39 is 5.97 Å². The summed E-state index contributed by atoms with van der Waals surface area (Å²) in [7, 11) is 0. The van der Waals surface area contributed by atoms with Gasteiger partial charge in [0.1, 0.15) is 0 Å². The Bertz CT molecular complexity index is 631. The van der Waals surface area contributed by atoms with Crippen molar-refractivity contribution in [2.45, 2.75) is 26.3 Å². The zero-order valence-electron chi connectivity index (χ0n) is 12.2. The topological polar surface area (TPSA) is 84.3 Å². The minimum Gasteiger partial charge on any atom is -0.461 e. The van der Waals surface area contributed by atoms with E-state index in [1.165, 1.54) is 0 Å². The average molecular weight is 289 g/mol. The van der Waals surface area contributed by atoms with Gasteiger partial charge in [0.05, 0.1) is 17.8 Å². The van der Waals surface area contributed by atoms with E-state index in [-0.39, 0.29) is 24.9 Å². The van der Waals surface area contributed by atoms with Crippen molar-refractivity contribution in [3.63, 3.8) is 0 Å². The number of rotatable bonds is 6. The number of hydrogen-bond acceptors (Lipinski definition) is 6. The SMILES string of the molecule is CCOC(=O)c1nnc2ccccc2c1NC(C)CCO. The normalized spacial score (nSPS) is 12.1. The first kappa shape index (κ1) is 15.2. The fourth-order valence-corrected chi connectivity index (χ4v) is 2.05. The lowest BCUT2D eigenvalue weighted by atomic mass is 10.1. The molecule has 0 bridgehead atoms. The summed E-state index contributed by atoms with van der Waals surface area (Å²) in [6.45, 7) is 4.02. The second-order valence-electron chi connectivity index (χ2n) is 4.72. The van der Waals surface area contributed by atoms with Crippen LogP contribution >= 0.6 is 0 Å². The second-order valence-corrected chi connectivity index (χ2v) is 4.72. The molecule has 0 aliphatic carbocycles. The van der Waals surface area contributed by atoms with Crippen molar-refractivity contribution in [1.29, 1.82) is 0 Å². The molecule has 1 unspecified atom stereocenters. The van der Waals surface area contributed by atoms with Crippen molar-refractivity contribution < 1.29 is 14.6 Å². The first-order valence-corrected chi connectivity index (χ1v) is 6.97. The number of fused-ring (bicyclic) bond motifs is 1. The molecule has 0 aliphatic rings. The zero-order chi connectivity index (χ0) is 15.2. The molecule has 0 aliphatic heterocycles. The number of carbonyl (C=O) groups is 1. The van der Waals surface area contributed by atoms with Crippen molar-refractivity contribution >= 4 is 22.6 Å². The molecule has 0 saturated carbocycles. The summed E-state index contributed by atoms with van der Waals surface area (Å²) in [6, 6.07) is 7.44. The summed E-state index contributed by atoms with van der Waals surface area (Å²) < 4.78 is 5.03. The summed E-state index contributed by atoms with van der Waals surface area (Å²) in [6.07, 6.45) is 0.568. The number of ether oxygens (including phenoxy) is 1. The molecule has 2 rings (SSSR count). The molecular formula is C15H19N3O3. The van der Waals surface area contributed by atoms with Crippen LogP contribution in [0.5, 0.6) is 0 Å².